The standard InChI is InChI=1S/C19H25FN4O/c1-12-10-17(24(4)14-6-5-9-23(3)11-14)21-22-18(12)15-7-8-16(20)13(2)19(15)25/h7-8,10,14,25H,5-6,9,11H2,1-4H3/t14-/m1/s1. The second kappa shape index (κ2) is 6.96. The summed E-state index contributed by atoms with van der Waals surface area (Å²) in [6.45, 7) is 5.64. The highest BCUT2D eigenvalue weighted by atomic mass is 19.1. The first-order valence-electron chi connectivity index (χ1n) is 8.62. The van der Waals surface area contributed by atoms with Gasteiger partial charge in [-0.3, -0.25) is 0 Å². The van der Waals surface area contributed by atoms with E-state index in [4.69, 9.17) is 0 Å². The number of likely N-dealkylation sites (tertiary alicyclic amines) is 1. The number of aromatic nitrogens is 2. The molecule has 0 saturated carbocycles. The van der Waals surface area contributed by atoms with E-state index in [1.54, 1.807) is 13.0 Å². The van der Waals surface area contributed by atoms with E-state index >= 15 is 0 Å². The first-order chi connectivity index (χ1) is 11.9. The zero-order valence-corrected chi connectivity index (χ0v) is 15.3. The van der Waals surface area contributed by atoms with Gasteiger partial charge in [-0.1, -0.05) is 0 Å². The zero-order valence-electron chi connectivity index (χ0n) is 15.3. The number of hydrogen-bond donors (Lipinski definition) is 1. The summed E-state index contributed by atoms with van der Waals surface area (Å²) < 4.78 is 13.6. The number of phenolic OH excluding ortho intramolecular Hbond substituents is 1. The number of piperidine rings is 1. The third-order valence-corrected chi connectivity index (χ3v) is 5.10. The zero-order chi connectivity index (χ0) is 18.1. The van der Waals surface area contributed by atoms with Crippen molar-refractivity contribution in [2.24, 2.45) is 0 Å². The Morgan fingerprint density at radius 1 is 1.28 bits per heavy atom. The quantitative estimate of drug-likeness (QED) is 0.927. The van der Waals surface area contributed by atoms with E-state index in [2.05, 4.69) is 27.0 Å². The Morgan fingerprint density at radius 3 is 2.72 bits per heavy atom. The highest BCUT2D eigenvalue weighted by molar-refractivity contribution is 5.71. The fourth-order valence-corrected chi connectivity index (χ4v) is 3.42. The molecule has 1 atom stereocenters. The molecule has 2 heterocycles. The first kappa shape index (κ1) is 17.6. The maximum atomic E-state index is 13.6. The summed E-state index contributed by atoms with van der Waals surface area (Å²) in [5.41, 5.74) is 2.22. The van der Waals surface area contributed by atoms with Crippen molar-refractivity contribution in [1.82, 2.24) is 15.1 Å². The van der Waals surface area contributed by atoms with Gasteiger partial charge in [0, 0.05) is 30.8 Å². The number of benzene rings is 1. The van der Waals surface area contributed by atoms with Gasteiger partial charge in [-0.05, 0) is 64.0 Å². The average molecular weight is 344 g/mol. The van der Waals surface area contributed by atoms with Crippen LogP contribution in [0.25, 0.3) is 11.3 Å². The molecule has 1 aliphatic heterocycles. The van der Waals surface area contributed by atoms with Gasteiger partial charge in [-0.15, -0.1) is 10.2 Å². The Kier molecular flexibility index (Phi) is 4.90. The van der Waals surface area contributed by atoms with Crippen LogP contribution in [0.4, 0.5) is 10.2 Å². The molecule has 1 aliphatic rings. The van der Waals surface area contributed by atoms with Gasteiger partial charge in [-0.25, -0.2) is 4.39 Å². The van der Waals surface area contributed by atoms with Gasteiger partial charge in [0.15, 0.2) is 5.82 Å². The highest BCUT2D eigenvalue weighted by Crippen LogP contribution is 2.34. The predicted octanol–water partition coefficient (Wildman–Crippen LogP) is 3.14. The Labute approximate surface area is 148 Å². The van der Waals surface area contributed by atoms with Crippen molar-refractivity contribution in [3.05, 3.63) is 35.1 Å². The molecule has 25 heavy (non-hydrogen) atoms. The van der Waals surface area contributed by atoms with Crippen LogP contribution in [0.2, 0.25) is 0 Å². The van der Waals surface area contributed by atoms with Crippen LogP contribution in [0, 0.1) is 19.7 Å². The van der Waals surface area contributed by atoms with Crippen molar-refractivity contribution in [2.45, 2.75) is 32.7 Å². The first-order valence-corrected chi connectivity index (χ1v) is 8.62. The lowest BCUT2D eigenvalue weighted by molar-refractivity contribution is 0.247. The number of halogens is 1. The van der Waals surface area contributed by atoms with E-state index < -0.39 is 5.82 Å². The summed E-state index contributed by atoms with van der Waals surface area (Å²) >= 11 is 0. The van der Waals surface area contributed by atoms with Crippen molar-refractivity contribution < 1.29 is 9.50 Å². The molecule has 0 radical (unpaired) electrons. The van der Waals surface area contributed by atoms with Gasteiger partial charge in [-0.2, -0.15) is 0 Å². The number of rotatable bonds is 3. The van der Waals surface area contributed by atoms with Crippen LogP contribution < -0.4 is 4.90 Å². The summed E-state index contributed by atoms with van der Waals surface area (Å²) in [7, 11) is 4.19. The van der Waals surface area contributed by atoms with Crippen molar-refractivity contribution in [3.8, 4) is 17.0 Å². The van der Waals surface area contributed by atoms with Crippen LogP contribution in [0.3, 0.4) is 0 Å². The minimum Gasteiger partial charge on any atom is -0.507 e. The SMILES string of the molecule is Cc1cc(N(C)[C@@H]2CCCN(C)C2)nnc1-c1ccc(F)c(C)c1O. The molecule has 0 unspecified atom stereocenters. The lowest BCUT2D eigenvalue weighted by Gasteiger charge is -2.36. The van der Waals surface area contributed by atoms with Crippen LogP contribution in [0.5, 0.6) is 5.75 Å². The van der Waals surface area contributed by atoms with Crippen LogP contribution in [-0.4, -0.2) is 53.4 Å². The predicted molar refractivity (Wildman–Crippen MR) is 97.5 cm³/mol. The molecular weight excluding hydrogens is 319 g/mol. The Balaban J connectivity index is 1.90. The van der Waals surface area contributed by atoms with E-state index in [1.165, 1.54) is 12.5 Å². The smallest absolute Gasteiger partial charge is 0.151 e. The number of nitrogens with zero attached hydrogens (tertiary/aromatic N) is 4. The number of aryl methyl sites for hydroxylation is 1. The Hall–Kier alpha value is -2.21. The van der Waals surface area contributed by atoms with Crippen LogP contribution >= 0.6 is 0 Å². The number of anilines is 1. The van der Waals surface area contributed by atoms with Gasteiger partial charge in [0.05, 0.1) is 5.69 Å². The molecule has 1 N–H and O–H groups in total. The number of phenols is 1. The molecule has 1 fully saturated rings. The van der Waals surface area contributed by atoms with Crippen molar-refractivity contribution in [3.63, 3.8) is 0 Å². The van der Waals surface area contributed by atoms with Crippen molar-refractivity contribution in [1.29, 1.82) is 0 Å². The molecule has 3 rings (SSSR count). The molecule has 0 spiro atoms. The van der Waals surface area contributed by atoms with E-state index in [0.29, 0.717) is 17.3 Å². The summed E-state index contributed by atoms with van der Waals surface area (Å²) in [5, 5.41) is 18.9. The summed E-state index contributed by atoms with van der Waals surface area (Å²) in [6, 6.07) is 5.30. The van der Waals surface area contributed by atoms with E-state index in [0.717, 1.165) is 30.9 Å². The molecule has 0 aliphatic carbocycles. The second-order valence-electron chi connectivity index (χ2n) is 6.97. The Morgan fingerprint density at radius 2 is 2.04 bits per heavy atom. The van der Waals surface area contributed by atoms with Gasteiger partial charge in [0.2, 0.25) is 0 Å². The summed E-state index contributed by atoms with van der Waals surface area (Å²) in [4.78, 5) is 4.51. The van der Waals surface area contributed by atoms with Gasteiger partial charge >= 0.3 is 0 Å². The minimum atomic E-state index is -0.426. The van der Waals surface area contributed by atoms with Crippen LogP contribution in [0.1, 0.15) is 24.0 Å². The molecular formula is C19H25FN4O. The van der Waals surface area contributed by atoms with Gasteiger partial charge < -0.3 is 14.9 Å². The molecule has 134 valence electrons. The molecule has 1 saturated heterocycles. The number of likely N-dealkylation sites (N-methyl/N-ethyl adjacent to an activating group) is 2. The maximum Gasteiger partial charge on any atom is 0.151 e. The maximum absolute atomic E-state index is 13.6. The van der Waals surface area contributed by atoms with Crippen molar-refractivity contribution >= 4 is 5.82 Å². The topological polar surface area (TPSA) is 52.5 Å². The lowest BCUT2D eigenvalue weighted by Crippen LogP contribution is -2.45. The largest absolute Gasteiger partial charge is 0.507 e. The van der Waals surface area contributed by atoms with E-state index in [1.807, 2.05) is 20.0 Å². The highest BCUT2D eigenvalue weighted by Gasteiger charge is 2.23. The molecule has 6 heteroatoms. The molecule has 1 aromatic heterocycles. The van der Waals surface area contributed by atoms with Crippen molar-refractivity contribution in [2.75, 3.05) is 32.1 Å². The average Bonchev–Trinajstić information content (AvgIpc) is 2.60. The minimum absolute atomic E-state index is 0.0765. The van der Waals surface area contributed by atoms with Crippen LogP contribution in [-0.2, 0) is 0 Å². The lowest BCUT2D eigenvalue weighted by atomic mass is 10.0. The second-order valence-corrected chi connectivity index (χ2v) is 6.97. The molecule has 1 aromatic carbocycles. The normalized spacial score (nSPS) is 18.4. The van der Waals surface area contributed by atoms with E-state index in [-0.39, 0.29) is 11.3 Å². The molecule has 2 aromatic rings. The monoisotopic (exact) mass is 344 g/mol. The third kappa shape index (κ3) is 3.44. The van der Waals surface area contributed by atoms with Gasteiger partial charge in [0.25, 0.3) is 0 Å². The molecule has 0 amide bonds. The number of aromatic hydroxyl groups is 1. The summed E-state index contributed by atoms with van der Waals surface area (Å²) in [6.07, 6.45) is 2.32. The number of hydrogen-bond acceptors (Lipinski definition) is 5. The van der Waals surface area contributed by atoms with Gasteiger partial charge in [0.1, 0.15) is 11.6 Å². The Bertz CT molecular complexity index is 780. The summed E-state index contributed by atoms with van der Waals surface area (Å²) in [5.74, 6) is 0.317. The van der Waals surface area contributed by atoms with E-state index in [9.17, 15) is 9.50 Å². The fraction of sp³-hybridized carbons (Fsp3) is 0.474. The third-order valence-electron chi connectivity index (χ3n) is 5.10. The fourth-order valence-electron chi connectivity index (χ4n) is 3.42. The molecule has 5 nitrogen and oxygen atoms in total. The molecule has 0 bridgehead atoms. The van der Waals surface area contributed by atoms with Crippen LogP contribution in [0.15, 0.2) is 18.2 Å².